The second-order valence-corrected chi connectivity index (χ2v) is 6.67. The maximum absolute atomic E-state index is 11.9. The van der Waals surface area contributed by atoms with Gasteiger partial charge in [0.25, 0.3) is 0 Å². The zero-order valence-electron chi connectivity index (χ0n) is 12.5. The maximum atomic E-state index is 11.9. The van der Waals surface area contributed by atoms with E-state index in [4.69, 9.17) is 4.74 Å². The fourth-order valence-corrected chi connectivity index (χ4v) is 2.55. The van der Waals surface area contributed by atoms with Crippen LogP contribution >= 0.6 is 0 Å². The topological polar surface area (TPSA) is 84.5 Å². The van der Waals surface area contributed by atoms with Gasteiger partial charge in [-0.2, -0.15) is 0 Å². The van der Waals surface area contributed by atoms with Gasteiger partial charge in [-0.1, -0.05) is 26.0 Å². The number of ether oxygens (including phenoxy) is 1. The molecule has 1 aromatic rings. The minimum Gasteiger partial charge on any atom is -0.383 e. The average molecular weight is 314 g/mol. The summed E-state index contributed by atoms with van der Waals surface area (Å²) in [5.74, 6) is -0.109. The number of sulfonamides is 1. The number of methoxy groups -OCH3 is 1. The molecule has 0 saturated carbocycles. The minimum absolute atomic E-state index is 0.0343. The lowest BCUT2D eigenvalue weighted by molar-refractivity contribution is -0.124. The van der Waals surface area contributed by atoms with E-state index in [0.717, 1.165) is 5.56 Å². The molecule has 0 radical (unpaired) electrons. The van der Waals surface area contributed by atoms with Gasteiger partial charge in [-0.05, 0) is 17.7 Å². The van der Waals surface area contributed by atoms with E-state index < -0.39 is 10.0 Å². The predicted octanol–water partition coefficient (Wildman–Crippen LogP) is 0.883. The first kappa shape index (κ1) is 17.6. The second-order valence-electron chi connectivity index (χ2n) is 4.91. The van der Waals surface area contributed by atoms with E-state index in [9.17, 15) is 13.2 Å². The highest BCUT2D eigenvalue weighted by Gasteiger charge is 2.13. The zero-order chi connectivity index (χ0) is 15.9. The Labute approximate surface area is 125 Å². The number of rotatable bonds is 8. The molecule has 0 unspecified atom stereocenters. The summed E-state index contributed by atoms with van der Waals surface area (Å²) in [4.78, 5) is 11.7. The van der Waals surface area contributed by atoms with E-state index in [1.54, 1.807) is 12.1 Å². The van der Waals surface area contributed by atoms with E-state index in [1.165, 1.54) is 19.2 Å². The van der Waals surface area contributed by atoms with Crippen molar-refractivity contribution in [2.75, 3.05) is 20.3 Å². The molecule has 0 aromatic heterocycles. The van der Waals surface area contributed by atoms with Crippen LogP contribution in [-0.2, 0) is 26.1 Å². The van der Waals surface area contributed by atoms with Gasteiger partial charge in [0, 0.05) is 26.1 Å². The zero-order valence-corrected chi connectivity index (χ0v) is 13.4. The first-order valence-electron chi connectivity index (χ1n) is 6.72. The van der Waals surface area contributed by atoms with Crippen LogP contribution in [0.4, 0.5) is 0 Å². The molecule has 0 heterocycles. The van der Waals surface area contributed by atoms with Gasteiger partial charge in [0.15, 0.2) is 0 Å². The number of hydrogen-bond acceptors (Lipinski definition) is 4. The smallest absolute Gasteiger partial charge is 0.240 e. The van der Waals surface area contributed by atoms with E-state index in [1.807, 2.05) is 13.8 Å². The molecular formula is C14H22N2O4S. The van der Waals surface area contributed by atoms with Gasteiger partial charge in [-0.25, -0.2) is 13.1 Å². The van der Waals surface area contributed by atoms with Crippen molar-refractivity contribution in [1.82, 2.24) is 10.0 Å². The van der Waals surface area contributed by atoms with Crippen LogP contribution in [-0.4, -0.2) is 34.6 Å². The van der Waals surface area contributed by atoms with Crippen molar-refractivity contribution in [2.45, 2.75) is 25.3 Å². The lowest BCUT2D eigenvalue weighted by Crippen LogP contribution is -2.28. The van der Waals surface area contributed by atoms with Crippen LogP contribution in [0.1, 0.15) is 19.4 Å². The fraction of sp³-hybridized carbons (Fsp3) is 0.500. The third-order valence-corrected chi connectivity index (χ3v) is 4.30. The van der Waals surface area contributed by atoms with Gasteiger partial charge in [0.1, 0.15) is 0 Å². The Bertz CT molecular complexity index is 553. The molecule has 7 heteroatoms. The quantitative estimate of drug-likeness (QED) is 0.698. The molecule has 118 valence electrons. The van der Waals surface area contributed by atoms with Crippen molar-refractivity contribution >= 4 is 15.9 Å². The highest BCUT2D eigenvalue weighted by molar-refractivity contribution is 7.89. The summed E-state index contributed by atoms with van der Waals surface area (Å²) in [5, 5.41) is 2.78. The highest BCUT2D eigenvalue weighted by atomic mass is 32.2. The molecule has 0 aliphatic heterocycles. The summed E-state index contributed by atoms with van der Waals surface area (Å²) in [6, 6.07) is 6.41. The van der Waals surface area contributed by atoms with Crippen LogP contribution in [0.3, 0.4) is 0 Å². The van der Waals surface area contributed by atoms with Crippen molar-refractivity contribution in [1.29, 1.82) is 0 Å². The summed E-state index contributed by atoms with van der Waals surface area (Å²) in [6.07, 6.45) is 0. The lowest BCUT2D eigenvalue weighted by Gasteiger charge is -2.09. The summed E-state index contributed by atoms with van der Waals surface area (Å²) in [5.41, 5.74) is 0.847. The molecule has 0 aliphatic carbocycles. The molecule has 21 heavy (non-hydrogen) atoms. The van der Waals surface area contributed by atoms with Crippen molar-refractivity contribution < 1.29 is 17.9 Å². The Kier molecular flexibility index (Phi) is 6.80. The predicted molar refractivity (Wildman–Crippen MR) is 80.2 cm³/mol. The number of carbonyl (C=O) groups is 1. The van der Waals surface area contributed by atoms with E-state index in [-0.39, 0.29) is 23.3 Å². The third kappa shape index (κ3) is 5.82. The second kappa shape index (κ2) is 8.11. The lowest BCUT2D eigenvalue weighted by atomic mass is 10.2. The summed E-state index contributed by atoms with van der Waals surface area (Å²) >= 11 is 0. The fourth-order valence-electron chi connectivity index (χ4n) is 1.54. The van der Waals surface area contributed by atoms with Gasteiger partial charge in [0.05, 0.1) is 11.5 Å². The summed E-state index contributed by atoms with van der Waals surface area (Å²) in [7, 11) is -2.00. The number of hydrogen-bond donors (Lipinski definition) is 2. The van der Waals surface area contributed by atoms with E-state index in [2.05, 4.69) is 10.0 Å². The Morgan fingerprint density at radius 3 is 2.38 bits per heavy atom. The Hall–Kier alpha value is -1.44. The maximum Gasteiger partial charge on any atom is 0.240 e. The van der Waals surface area contributed by atoms with Gasteiger partial charge in [-0.15, -0.1) is 0 Å². The molecule has 1 amide bonds. The molecule has 2 N–H and O–H groups in total. The van der Waals surface area contributed by atoms with Crippen molar-refractivity contribution in [2.24, 2.45) is 5.92 Å². The molecular weight excluding hydrogens is 292 g/mol. The van der Waals surface area contributed by atoms with Crippen molar-refractivity contribution in [3.8, 4) is 0 Å². The first-order valence-corrected chi connectivity index (χ1v) is 8.20. The minimum atomic E-state index is -3.51. The van der Waals surface area contributed by atoms with Crippen molar-refractivity contribution in [3.05, 3.63) is 29.8 Å². The Morgan fingerprint density at radius 2 is 1.86 bits per heavy atom. The first-order chi connectivity index (χ1) is 9.86. The molecule has 0 fully saturated rings. The van der Waals surface area contributed by atoms with Crippen LogP contribution in [0.15, 0.2) is 29.2 Å². The van der Waals surface area contributed by atoms with Crippen molar-refractivity contribution in [3.63, 3.8) is 0 Å². The largest absolute Gasteiger partial charge is 0.383 e. The van der Waals surface area contributed by atoms with Crippen LogP contribution in [0.5, 0.6) is 0 Å². The summed E-state index contributed by atoms with van der Waals surface area (Å²) in [6.45, 7) is 4.56. The molecule has 0 bridgehead atoms. The third-order valence-electron chi connectivity index (χ3n) is 2.82. The molecule has 0 saturated heterocycles. The number of benzene rings is 1. The van der Waals surface area contributed by atoms with E-state index >= 15 is 0 Å². The van der Waals surface area contributed by atoms with Crippen LogP contribution < -0.4 is 10.0 Å². The van der Waals surface area contributed by atoms with Crippen LogP contribution in [0, 0.1) is 5.92 Å². The normalized spacial score (nSPS) is 11.6. The highest BCUT2D eigenvalue weighted by Crippen LogP contribution is 2.10. The molecule has 0 atom stereocenters. The van der Waals surface area contributed by atoms with E-state index in [0.29, 0.717) is 13.2 Å². The van der Waals surface area contributed by atoms with Gasteiger partial charge < -0.3 is 10.1 Å². The molecule has 0 aliphatic rings. The number of amides is 1. The number of nitrogens with one attached hydrogen (secondary N) is 2. The van der Waals surface area contributed by atoms with Gasteiger partial charge in [0.2, 0.25) is 15.9 Å². The molecule has 1 rings (SSSR count). The van der Waals surface area contributed by atoms with Crippen LogP contribution in [0.2, 0.25) is 0 Å². The van der Waals surface area contributed by atoms with Gasteiger partial charge in [-0.3, -0.25) is 4.79 Å². The Morgan fingerprint density at radius 1 is 1.24 bits per heavy atom. The van der Waals surface area contributed by atoms with Crippen LogP contribution in [0.25, 0.3) is 0 Å². The molecule has 1 aromatic carbocycles. The average Bonchev–Trinajstić information content (AvgIpc) is 2.45. The molecule has 0 spiro atoms. The van der Waals surface area contributed by atoms with Gasteiger partial charge >= 0.3 is 0 Å². The standard InChI is InChI=1S/C14H22N2O4S/c1-11(2)14(17)15-10-12-4-6-13(7-5-12)21(18,19)16-8-9-20-3/h4-7,11,16H,8-10H2,1-3H3,(H,15,17). The SMILES string of the molecule is COCCNS(=O)(=O)c1ccc(CNC(=O)C(C)C)cc1. The molecule has 6 nitrogen and oxygen atoms in total. The Balaban J connectivity index is 2.63. The number of carbonyl (C=O) groups excluding carboxylic acids is 1. The monoisotopic (exact) mass is 314 g/mol. The summed E-state index contributed by atoms with van der Waals surface area (Å²) < 4.78 is 31.1.